The Labute approximate surface area is 120 Å². The van der Waals surface area contributed by atoms with E-state index in [1.54, 1.807) is 0 Å². The molecule has 1 aliphatic heterocycles. The summed E-state index contributed by atoms with van der Waals surface area (Å²) in [6.45, 7) is 6.48. The van der Waals surface area contributed by atoms with Gasteiger partial charge in [-0.15, -0.1) is 0 Å². The number of carbonyl (C=O) groups excluding carboxylic acids is 1. The summed E-state index contributed by atoms with van der Waals surface area (Å²) in [5.41, 5.74) is 1.92. The van der Waals surface area contributed by atoms with Crippen LogP contribution >= 0.6 is 0 Å². The summed E-state index contributed by atoms with van der Waals surface area (Å²) in [7, 11) is 0. The van der Waals surface area contributed by atoms with E-state index in [4.69, 9.17) is 4.74 Å². The van der Waals surface area contributed by atoms with Gasteiger partial charge in [0.05, 0.1) is 6.61 Å². The second-order valence-corrected chi connectivity index (χ2v) is 5.69. The van der Waals surface area contributed by atoms with Crippen LogP contribution in [0.2, 0.25) is 0 Å². The van der Waals surface area contributed by atoms with Crippen molar-refractivity contribution in [2.75, 3.05) is 30.4 Å². The van der Waals surface area contributed by atoms with Crippen LogP contribution in [0.1, 0.15) is 26.7 Å². The molecule has 1 amide bonds. The number of amides is 1. The van der Waals surface area contributed by atoms with Crippen LogP contribution in [0.5, 0.6) is 0 Å². The highest BCUT2D eigenvalue weighted by Gasteiger charge is 2.13. The van der Waals surface area contributed by atoms with Gasteiger partial charge in [0.25, 0.3) is 0 Å². The normalized spacial score (nSPS) is 18.9. The lowest BCUT2D eigenvalue weighted by Crippen LogP contribution is -2.24. The third-order valence-electron chi connectivity index (χ3n) is 3.53. The van der Waals surface area contributed by atoms with Crippen molar-refractivity contribution in [3.63, 3.8) is 0 Å². The molecule has 0 aliphatic carbocycles. The molecule has 20 heavy (non-hydrogen) atoms. The molecule has 1 unspecified atom stereocenters. The predicted molar refractivity (Wildman–Crippen MR) is 81.9 cm³/mol. The smallest absolute Gasteiger partial charge is 0.226 e. The van der Waals surface area contributed by atoms with Gasteiger partial charge in [0.15, 0.2) is 0 Å². The van der Waals surface area contributed by atoms with Crippen molar-refractivity contribution in [2.45, 2.75) is 26.7 Å². The summed E-state index contributed by atoms with van der Waals surface area (Å²) in [4.78, 5) is 11.6. The number of ether oxygens (including phenoxy) is 1. The van der Waals surface area contributed by atoms with Crippen LogP contribution in [0.3, 0.4) is 0 Å². The Hall–Kier alpha value is -1.55. The molecule has 1 aromatic carbocycles. The maximum Gasteiger partial charge on any atom is 0.226 e. The predicted octanol–water partition coefficient (Wildman–Crippen LogP) is 3.12. The minimum Gasteiger partial charge on any atom is -0.385 e. The lowest BCUT2D eigenvalue weighted by atomic mass is 10.0. The highest BCUT2D eigenvalue weighted by atomic mass is 16.5. The van der Waals surface area contributed by atoms with Crippen molar-refractivity contribution in [1.29, 1.82) is 0 Å². The quantitative estimate of drug-likeness (QED) is 0.868. The van der Waals surface area contributed by atoms with Crippen LogP contribution in [0.4, 0.5) is 11.4 Å². The Bertz CT molecular complexity index is 423. The zero-order valence-electron chi connectivity index (χ0n) is 12.3. The lowest BCUT2D eigenvalue weighted by molar-refractivity contribution is -0.118. The van der Waals surface area contributed by atoms with Gasteiger partial charge in [-0.05, 0) is 43.0 Å². The van der Waals surface area contributed by atoms with Gasteiger partial charge in [-0.2, -0.15) is 0 Å². The number of nitrogens with one attached hydrogen (secondary N) is 2. The van der Waals surface area contributed by atoms with Crippen LogP contribution in [0.25, 0.3) is 0 Å². The van der Waals surface area contributed by atoms with E-state index in [9.17, 15) is 4.79 Å². The van der Waals surface area contributed by atoms with Crippen molar-refractivity contribution in [2.24, 2.45) is 11.8 Å². The van der Waals surface area contributed by atoms with Gasteiger partial charge in [0.2, 0.25) is 5.91 Å². The SMILES string of the molecule is CC(C)C(=O)Nc1ccc(NCC2CCCOC2)cc1. The minimum atomic E-state index is -0.000831. The second kappa shape index (κ2) is 7.29. The zero-order chi connectivity index (χ0) is 14.4. The first-order valence-electron chi connectivity index (χ1n) is 7.37. The maximum atomic E-state index is 11.6. The van der Waals surface area contributed by atoms with Crippen molar-refractivity contribution < 1.29 is 9.53 Å². The van der Waals surface area contributed by atoms with Gasteiger partial charge >= 0.3 is 0 Å². The molecule has 0 spiro atoms. The van der Waals surface area contributed by atoms with Gasteiger partial charge < -0.3 is 15.4 Å². The highest BCUT2D eigenvalue weighted by Crippen LogP contribution is 2.17. The topological polar surface area (TPSA) is 50.4 Å². The first-order valence-corrected chi connectivity index (χ1v) is 7.37. The van der Waals surface area contributed by atoms with Crippen molar-refractivity contribution in [1.82, 2.24) is 0 Å². The van der Waals surface area contributed by atoms with Gasteiger partial charge in [0.1, 0.15) is 0 Å². The van der Waals surface area contributed by atoms with E-state index in [1.165, 1.54) is 6.42 Å². The van der Waals surface area contributed by atoms with E-state index in [2.05, 4.69) is 10.6 Å². The molecule has 1 atom stereocenters. The molecule has 1 aromatic rings. The molecule has 110 valence electrons. The number of rotatable bonds is 5. The summed E-state index contributed by atoms with van der Waals surface area (Å²) >= 11 is 0. The highest BCUT2D eigenvalue weighted by molar-refractivity contribution is 5.92. The average Bonchev–Trinajstić information content (AvgIpc) is 2.47. The van der Waals surface area contributed by atoms with E-state index >= 15 is 0 Å². The summed E-state index contributed by atoms with van der Waals surface area (Å²) < 4.78 is 5.47. The fourth-order valence-electron chi connectivity index (χ4n) is 2.19. The molecule has 1 saturated heterocycles. The number of hydrogen-bond donors (Lipinski definition) is 2. The van der Waals surface area contributed by atoms with Crippen LogP contribution in [-0.4, -0.2) is 25.7 Å². The van der Waals surface area contributed by atoms with Gasteiger partial charge in [-0.3, -0.25) is 4.79 Å². The molecule has 0 aromatic heterocycles. The van der Waals surface area contributed by atoms with Gasteiger partial charge in [-0.1, -0.05) is 13.8 Å². The Kier molecular flexibility index (Phi) is 5.41. The molecular weight excluding hydrogens is 252 g/mol. The molecule has 0 radical (unpaired) electrons. The molecule has 2 N–H and O–H groups in total. The molecule has 4 nitrogen and oxygen atoms in total. The molecule has 2 rings (SSSR count). The standard InChI is InChI=1S/C16H24N2O2/c1-12(2)16(19)18-15-7-5-14(6-8-15)17-10-13-4-3-9-20-11-13/h5-8,12-13,17H,3-4,9-11H2,1-2H3,(H,18,19). The first-order chi connectivity index (χ1) is 9.65. The summed E-state index contributed by atoms with van der Waals surface area (Å²) in [5, 5.41) is 6.31. The third kappa shape index (κ3) is 4.53. The Balaban J connectivity index is 1.80. The van der Waals surface area contributed by atoms with Crippen LogP contribution in [-0.2, 0) is 9.53 Å². The fourth-order valence-corrected chi connectivity index (χ4v) is 2.19. The second-order valence-electron chi connectivity index (χ2n) is 5.69. The van der Waals surface area contributed by atoms with Gasteiger partial charge in [-0.25, -0.2) is 0 Å². The summed E-state index contributed by atoms with van der Waals surface area (Å²) in [6.07, 6.45) is 2.39. The lowest BCUT2D eigenvalue weighted by Gasteiger charge is -2.22. The van der Waals surface area contributed by atoms with Crippen LogP contribution in [0, 0.1) is 11.8 Å². The maximum absolute atomic E-state index is 11.6. The molecule has 0 bridgehead atoms. The fraction of sp³-hybridized carbons (Fsp3) is 0.562. The molecular formula is C16H24N2O2. The van der Waals surface area contributed by atoms with Crippen molar-refractivity contribution in [3.05, 3.63) is 24.3 Å². The number of anilines is 2. The van der Waals surface area contributed by atoms with E-state index in [0.29, 0.717) is 5.92 Å². The number of hydrogen-bond acceptors (Lipinski definition) is 3. The van der Waals surface area contributed by atoms with Gasteiger partial charge in [0, 0.05) is 30.4 Å². The Morgan fingerprint density at radius 3 is 2.60 bits per heavy atom. The van der Waals surface area contributed by atoms with Crippen LogP contribution < -0.4 is 10.6 Å². The zero-order valence-corrected chi connectivity index (χ0v) is 12.3. The largest absolute Gasteiger partial charge is 0.385 e. The van der Waals surface area contributed by atoms with Crippen molar-refractivity contribution in [3.8, 4) is 0 Å². The van der Waals surface area contributed by atoms with Crippen molar-refractivity contribution >= 4 is 17.3 Å². The summed E-state index contributed by atoms with van der Waals surface area (Å²) in [6, 6.07) is 7.86. The number of carbonyl (C=O) groups is 1. The minimum absolute atomic E-state index is 0.000831. The van der Waals surface area contributed by atoms with E-state index in [1.807, 2.05) is 38.1 Å². The molecule has 1 aliphatic rings. The Morgan fingerprint density at radius 1 is 1.30 bits per heavy atom. The molecule has 1 fully saturated rings. The first kappa shape index (κ1) is 14.9. The van der Waals surface area contributed by atoms with E-state index in [-0.39, 0.29) is 11.8 Å². The molecule has 4 heteroatoms. The van der Waals surface area contributed by atoms with Crippen LogP contribution in [0.15, 0.2) is 24.3 Å². The van der Waals surface area contributed by atoms with E-state index < -0.39 is 0 Å². The monoisotopic (exact) mass is 276 g/mol. The average molecular weight is 276 g/mol. The van der Waals surface area contributed by atoms with E-state index in [0.717, 1.165) is 37.6 Å². The molecule has 1 heterocycles. The number of benzene rings is 1. The summed E-state index contributed by atoms with van der Waals surface area (Å²) in [5.74, 6) is 0.647. The molecule has 0 saturated carbocycles. The Morgan fingerprint density at radius 2 is 2.00 bits per heavy atom. The third-order valence-corrected chi connectivity index (χ3v) is 3.53.